The van der Waals surface area contributed by atoms with Gasteiger partial charge in [-0.25, -0.2) is 0 Å². The smallest absolute Gasteiger partial charge is 0.0642 e. The minimum Gasteiger partial charge on any atom is -0.354 e. The monoisotopic (exact) mass is 968 g/mol. The van der Waals surface area contributed by atoms with Crippen LogP contribution in [0, 0.1) is 0 Å². The number of nitrogens with zero attached hydrogens (tertiary/aromatic N) is 3. The number of para-hydroxylation sites is 3. The van der Waals surface area contributed by atoms with E-state index in [0.717, 1.165) is 0 Å². The molecule has 0 spiro atoms. The van der Waals surface area contributed by atoms with Gasteiger partial charge in [0.25, 0.3) is 0 Å². The summed E-state index contributed by atoms with van der Waals surface area (Å²) >= 11 is 0. The van der Waals surface area contributed by atoms with Gasteiger partial charge < -0.3 is 18.4 Å². The van der Waals surface area contributed by atoms with Crippen LogP contribution < -0.4 is 0 Å². The van der Waals surface area contributed by atoms with Gasteiger partial charge in [0.2, 0.25) is 0 Å². The molecular weight excluding hydrogens is 921 g/mol. The zero-order chi connectivity index (χ0) is 47.9. The highest BCUT2D eigenvalue weighted by atomic mass is 15.0. The Labute approximate surface area is 436 Å². The maximum Gasteiger partial charge on any atom is 0.0642 e. The van der Waals surface area contributed by atoms with Crippen LogP contribution in [0.1, 0.15) is 14.9 Å². The second-order valence-corrected chi connectivity index (χ2v) is 20.5. The Morgan fingerprint density at radius 2 is 0.632 bits per heavy atom. The van der Waals surface area contributed by atoms with Crippen molar-refractivity contribution in [2.24, 2.45) is 0 Å². The van der Waals surface area contributed by atoms with E-state index < -0.39 is 0 Å². The van der Waals surface area contributed by atoms with E-state index in [9.17, 15) is 0 Å². The molecule has 4 heteroatoms. The summed E-state index contributed by atoms with van der Waals surface area (Å²) in [7, 11) is 0. The molecule has 0 bridgehead atoms. The highest BCUT2D eigenvalue weighted by molar-refractivity contribution is 6.37. The lowest BCUT2D eigenvalue weighted by atomic mass is 10.00. The van der Waals surface area contributed by atoms with E-state index in [0.29, 0.717) is 0 Å². The Morgan fingerprint density at radius 1 is 0.250 bits per heavy atom. The third-order valence-corrected chi connectivity index (χ3v) is 16.7. The van der Waals surface area contributed by atoms with Crippen molar-refractivity contribution >= 4 is 163 Å². The predicted octanol–water partition coefficient (Wildman–Crippen LogP) is 20.3. The summed E-state index contributed by atoms with van der Waals surface area (Å²) in [5.74, 6) is 0. The van der Waals surface area contributed by atoms with Gasteiger partial charge in [0.15, 0.2) is 0 Å². The lowest BCUT2D eigenvalue weighted by Crippen LogP contribution is -1.93. The van der Waals surface area contributed by atoms with Crippen LogP contribution in [0.4, 0.5) is 0 Å². The zero-order valence-electron chi connectivity index (χ0n) is 39.9. The average Bonchev–Trinajstić information content (AvgIpc) is 4.33. The first-order chi connectivity index (χ1) is 36.7. The fraction of sp³-hybridized carbons (Fsp3) is 0.0278. The number of benzene rings is 13. The van der Waals surface area contributed by atoms with E-state index in [1.54, 1.807) is 0 Å². The number of hydrogen-bond acceptors (Lipinski definition) is 0. The first-order valence-corrected chi connectivity index (χ1v) is 25.7. The topological polar surface area (TPSA) is 29.5 Å². The summed E-state index contributed by atoms with van der Waals surface area (Å²) in [5.41, 5.74) is 13.8. The van der Waals surface area contributed by atoms with Crippen LogP contribution in [0.2, 0.25) is 0 Å². The molecule has 13 aromatic carbocycles. The molecule has 0 saturated carbocycles. The van der Waals surface area contributed by atoms with Gasteiger partial charge in [-0.1, -0.05) is 167 Å². The lowest BCUT2D eigenvalue weighted by Gasteiger charge is -2.09. The molecule has 0 fully saturated rings. The third-order valence-electron chi connectivity index (χ3n) is 16.7. The number of aromatic nitrogens is 4. The number of fused-ring (bicyclic) bond motifs is 24. The number of aromatic amines is 1. The maximum atomic E-state index is 3.78. The van der Waals surface area contributed by atoms with Crippen molar-refractivity contribution in [1.82, 2.24) is 18.4 Å². The fourth-order valence-corrected chi connectivity index (χ4v) is 13.6. The molecular formula is C72H48N4. The molecule has 0 unspecified atom stereocenters. The van der Waals surface area contributed by atoms with Crippen LogP contribution in [0.3, 0.4) is 0 Å². The quantitative estimate of drug-likeness (QED) is 0.170. The normalized spacial score (nSPS) is 12.3. The van der Waals surface area contributed by atoms with Gasteiger partial charge >= 0.3 is 0 Å². The van der Waals surface area contributed by atoms with Crippen molar-refractivity contribution in [2.45, 2.75) is 14.9 Å². The van der Waals surface area contributed by atoms with E-state index in [4.69, 9.17) is 0 Å². The zero-order valence-corrected chi connectivity index (χ0v) is 39.9. The molecule has 1 N–H and O–H groups in total. The highest BCUT2D eigenvalue weighted by Gasteiger charge is 2.26. The van der Waals surface area contributed by atoms with E-state index in [-0.39, 0.29) is 14.9 Å². The molecule has 6 heterocycles. The Kier molecular flexibility index (Phi) is 8.59. The summed E-state index contributed by atoms with van der Waals surface area (Å²) in [5, 5.41) is 25.9. The molecule has 6 aromatic heterocycles. The second kappa shape index (κ2) is 15.3. The summed E-state index contributed by atoms with van der Waals surface area (Å²) < 4.78 is 7.50. The summed E-state index contributed by atoms with van der Waals surface area (Å²) in [6, 6.07) is 87.1. The van der Waals surface area contributed by atoms with Crippen LogP contribution >= 0.6 is 0 Å². The molecule has 19 rings (SSSR count). The van der Waals surface area contributed by atoms with Crippen molar-refractivity contribution in [3.05, 3.63) is 237 Å². The van der Waals surface area contributed by atoms with E-state index in [1.165, 1.54) is 169 Å². The Morgan fingerprint density at radius 3 is 1.17 bits per heavy atom. The van der Waals surface area contributed by atoms with Gasteiger partial charge in [0.05, 0.1) is 49.7 Å². The first kappa shape index (κ1) is 42.6. The third kappa shape index (κ3) is 5.47. The number of rotatable bonds is 1. The molecule has 0 saturated heterocycles. The molecule has 4 nitrogen and oxygen atoms in total. The number of hydrogen-bond donors (Lipinski definition) is 1. The maximum absolute atomic E-state index is 3.78. The van der Waals surface area contributed by atoms with Gasteiger partial charge in [0.1, 0.15) is 0 Å². The lowest BCUT2D eigenvalue weighted by molar-refractivity contribution is 1.19. The van der Waals surface area contributed by atoms with E-state index in [1.807, 2.05) is 0 Å². The van der Waals surface area contributed by atoms with Gasteiger partial charge in [-0.3, -0.25) is 0 Å². The van der Waals surface area contributed by atoms with Gasteiger partial charge in [-0.15, -0.1) is 0 Å². The van der Waals surface area contributed by atoms with Crippen molar-refractivity contribution in [3.8, 4) is 5.69 Å². The van der Waals surface area contributed by atoms with Gasteiger partial charge in [-0.2, -0.15) is 0 Å². The highest BCUT2D eigenvalue weighted by Crippen LogP contribution is 2.49. The predicted molar refractivity (Wildman–Crippen MR) is 329 cm³/mol. The molecule has 0 radical (unpaired) electrons. The van der Waals surface area contributed by atoms with Gasteiger partial charge in [-0.05, 0) is 128 Å². The second-order valence-electron chi connectivity index (χ2n) is 20.5. The molecule has 76 heavy (non-hydrogen) atoms. The fourth-order valence-electron chi connectivity index (χ4n) is 13.6. The molecule has 0 atom stereocenters. The number of H-pyrrole nitrogens is 1. The van der Waals surface area contributed by atoms with Crippen LogP contribution in [0.15, 0.2) is 237 Å². The SMILES string of the molecule is C.C.c1ccc(-n2c3ccccc3c3cc4c5cc6ccccc6cc5n5c6cc7ccccc7cc6c(c32)c45)cc1.c1ccc2cc3c(cc2c1)c1cc2c4ccccc4[nH]c2c2c4cc5ccccc5cc4n3c12. The first-order valence-electron chi connectivity index (χ1n) is 25.7. The van der Waals surface area contributed by atoms with Crippen LogP contribution in [0.5, 0.6) is 0 Å². The largest absolute Gasteiger partial charge is 0.354 e. The van der Waals surface area contributed by atoms with Crippen molar-refractivity contribution < 1.29 is 0 Å². The molecule has 0 aliphatic carbocycles. The molecule has 0 aliphatic rings. The average molecular weight is 969 g/mol. The minimum absolute atomic E-state index is 0. The van der Waals surface area contributed by atoms with Crippen molar-refractivity contribution in [2.75, 3.05) is 0 Å². The number of nitrogens with one attached hydrogen (secondary N) is 1. The Hall–Kier alpha value is -9.90. The molecule has 0 aliphatic heterocycles. The summed E-state index contributed by atoms with van der Waals surface area (Å²) in [6.07, 6.45) is 0. The van der Waals surface area contributed by atoms with E-state index in [2.05, 4.69) is 255 Å². The summed E-state index contributed by atoms with van der Waals surface area (Å²) in [6.45, 7) is 0. The van der Waals surface area contributed by atoms with Crippen molar-refractivity contribution in [1.29, 1.82) is 0 Å². The van der Waals surface area contributed by atoms with Crippen LogP contribution in [0.25, 0.3) is 169 Å². The van der Waals surface area contributed by atoms with Crippen LogP contribution in [-0.4, -0.2) is 18.4 Å². The molecule has 356 valence electrons. The van der Waals surface area contributed by atoms with E-state index >= 15 is 0 Å². The molecule has 19 aromatic rings. The van der Waals surface area contributed by atoms with Crippen LogP contribution in [-0.2, 0) is 0 Å². The standard InChI is InChI=1S/C38H22N2.C32H18N2.2CH4/c1-2-14-27(15-3-1)39-33-17-9-8-16-28(33)30-22-31-29-18-23-10-4-6-12-25(23)20-34(29)40-35-21-26-13-7-5-11-24(26)19-32(35)36(37(30)39)38(31)40;1-3-9-20-15-28-23(13-18(20)7-1)25-17-24-22-11-5-6-12-27(22)33-31(24)30-26-14-19-8-2-4-10-21(19)16-29(26)34(28)32(25)30;;/h1-22H;1-17,33H;2*1H4. The Bertz CT molecular complexity index is 5600. The summed E-state index contributed by atoms with van der Waals surface area (Å²) in [4.78, 5) is 3.78. The Balaban J connectivity index is 0.000000126. The van der Waals surface area contributed by atoms with Crippen molar-refractivity contribution in [3.63, 3.8) is 0 Å². The minimum atomic E-state index is 0. The molecule has 0 amide bonds. The van der Waals surface area contributed by atoms with Gasteiger partial charge in [0, 0.05) is 75.8 Å².